The lowest BCUT2D eigenvalue weighted by Crippen LogP contribution is -2.22. The van der Waals surface area contributed by atoms with E-state index in [0.717, 1.165) is 29.6 Å². The Labute approximate surface area is 126 Å². The van der Waals surface area contributed by atoms with Crippen LogP contribution in [0.25, 0.3) is 10.1 Å². The minimum absolute atomic E-state index is 0.175. The van der Waals surface area contributed by atoms with Crippen molar-refractivity contribution in [2.45, 2.75) is 6.42 Å². The lowest BCUT2D eigenvalue weighted by Gasteiger charge is -2.17. The first kappa shape index (κ1) is 15.0. The van der Waals surface area contributed by atoms with Gasteiger partial charge in [0.15, 0.2) is 0 Å². The van der Waals surface area contributed by atoms with E-state index in [4.69, 9.17) is 11.6 Å². The zero-order chi connectivity index (χ0) is 14.7. The Morgan fingerprint density at radius 1 is 1.50 bits per heavy atom. The average molecular weight is 314 g/mol. The smallest absolute Gasteiger partial charge is 0.348 e. The molecule has 1 aromatic carbocycles. The van der Waals surface area contributed by atoms with E-state index < -0.39 is 0 Å². The second-order valence-corrected chi connectivity index (χ2v) is 6.00. The summed E-state index contributed by atoms with van der Waals surface area (Å²) in [5, 5.41) is 15.9. The van der Waals surface area contributed by atoms with Gasteiger partial charge in [-0.2, -0.15) is 0 Å². The predicted molar refractivity (Wildman–Crippen MR) is 85.3 cm³/mol. The van der Waals surface area contributed by atoms with Gasteiger partial charge in [-0.25, -0.2) is 0 Å². The van der Waals surface area contributed by atoms with Crippen molar-refractivity contribution in [1.29, 1.82) is 0 Å². The highest BCUT2D eigenvalue weighted by atomic mass is 35.5. The Morgan fingerprint density at radius 2 is 2.25 bits per heavy atom. The third-order valence-corrected chi connectivity index (χ3v) is 4.42. The predicted octanol–water partition coefficient (Wildman–Crippen LogP) is 3.51. The van der Waals surface area contributed by atoms with Crippen molar-refractivity contribution in [1.82, 2.24) is 5.32 Å². The summed E-state index contributed by atoms with van der Waals surface area (Å²) >= 11 is 7.21. The molecule has 0 amide bonds. The van der Waals surface area contributed by atoms with Crippen LogP contribution in [0, 0.1) is 10.1 Å². The van der Waals surface area contributed by atoms with E-state index in [1.165, 1.54) is 11.3 Å². The van der Waals surface area contributed by atoms with Gasteiger partial charge >= 0.3 is 5.00 Å². The molecule has 2 rings (SSSR count). The number of nitro groups is 1. The third-order valence-electron chi connectivity index (χ3n) is 3.07. The number of hydrogen-bond donors (Lipinski definition) is 1. The van der Waals surface area contributed by atoms with Crippen LogP contribution in [0.3, 0.4) is 0 Å². The van der Waals surface area contributed by atoms with E-state index in [9.17, 15) is 10.1 Å². The first-order valence-electron chi connectivity index (χ1n) is 6.26. The Kier molecular flexibility index (Phi) is 4.80. The van der Waals surface area contributed by atoms with Crippen LogP contribution in [0.15, 0.2) is 18.2 Å². The summed E-state index contributed by atoms with van der Waals surface area (Å²) in [5.41, 5.74) is 0.661. The minimum atomic E-state index is -0.317. The first-order chi connectivity index (χ1) is 9.54. The zero-order valence-corrected chi connectivity index (χ0v) is 12.9. The normalized spacial score (nSPS) is 10.9. The second kappa shape index (κ2) is 6.39. The number of nitrogens with zero attached hydrogens (tertiary/aromatic N) is 2. The van der Waals surface area contributed by atoms with Crippen LogP contribution in [0.4, 0.5) is 10.7 Å². The number of rotatable bonds is 6. The third kappa shape index (κ3) is 3.03. The molecule has 0 saturated carbocycles. The molecule has 0 saturated heterocycles. The van der Waals surface area contributed by atoms with Gasteiger partial charge in [0.2, 0.25) is 0 Å². The molecule has 1 aromatic heterocycles. The molecule has 0 aliphatic rings. The molecular weight excluding hydrogens is 298 g/mol. The molecule has 1 N–H and O–H groups in total. The highest BCUT2D eigenvalue weighted by molar-refractivity contribution is 7.23. The largest absolute Gasteiger partial charge is 0.368 e. The Balaban J connectivity index is 2.44. The van der Waals surface area contributed by atoms with Gasteiger partial charge in [-0.05, 0) is 38.2 Å². The number of fused-ring (bicyclic) bond motifs is 1. The van der Waals surface area contributed by atoms with E-state index in [1.807, 2.05) is 25.1 Å². The minimum Gasteiger partial charge on any atom is -0.368 e. The topological polar surface area (TPSA) is 58.4 Å². The zero-order valence-electron chi connectivity index (χ0n) is 11.4. The molecule has 108 valence electrons. The number of thiophene rings is 1. The molecule has 7 heteroatoms. The molecule has 2 aromatic rings. The summed E-state index contributed by atoms with van der Waals surface area (Å²) in [6.07, 6.45) is 0.919. The number of hydrogen-bond acceptors (Lipinski definition) is 5. The van der Waals surface area contributed by atoms with Gasteiger partial charge in [-0.3, -0.25) is 10.1 Å². The summed E-state index contributed by atoms with van der Waals surface area (Å²) in [5.74, 6) is 0. The molecule has 0 bridgehead atoms. The van der Waals surface area contributed by atoms with Crippen LogP contribution in [-0.2, 0) is 0 Å². The van der Waals surface area contributed by atoms with Crippen molar-refractivity contribution >= 4 is 43.7 Å². The van der Waals surface area contributed by atoms with Crippen molar-refractivity contribution in [2.75, 3.05) is 32.1 Å². The molecule has 0 aliphatic carbocycles. The second-order valence-electron chi connectivity index (χ2n) is 4.53. The monoisotopic (exact) mass is 313 g/mol. The lowest BCUT2D eigenvalue weighted by molar-refractivity contribution is -0.379. The van der Waals surface area contributed by atoms with Crippen LogP contribution < -0.4 is 10.2 Å². The number of halogens is 1. The first-order valence-corrected chi connectivity index (χ1v) is 7.46. The van der Waals surface area contributed by atoms with Gasteiger partial charge in [0, 0.05) is 28.7 Å². The van der Waals surface area contributed by atoms with Gasteiger partial charge in [-0.15, -0.1) is 0 Å². The fourth-order valence-corrected chi connectivity index (χ4v) is 3.36. The van der Waals surface area contributed by atoms with Crippen molar-refractivity contribution in [3.63, 3.8) is 0 Å². The summed E-state index contributed by atoms with van der Waals surface area (Å²) < 4.78 is 0.886. The van der Waals surface area contributed by atoms with Crippen LogP contribution in [0.2, 0.25) is 5.02 Å². The number of benzene rings is 1. The molecule has 0 atom stereocenters. The molecule has 1 heterocycles. The van der Waals surface area contributed by atoms with Crippen molar-refractivity contribution in [2.24, 2.45) is 0 Å². The van der Waals surface area contributed by atoms with Gasteiger partial charge in [-0.1, -0.05) is 22.9 Å². The molecule has 20 heavy (non-hydrogen) atoms. The average Bonchev–Trinajstić information content (AvgIpc) is 2.77. The maximum absolute atomic E-state index is 11.3. The summed E-state index contributed by atoms with van der Waals surface area (Å²) in [4.78, 5) is 12.9. The van der Waals surface area contributed by atoms with Crippen LogP contribution in [0.5, 0.6) is 0 Å². The van der Waals surface area contributed by atoms with Crippen molar-refractivity contribution in [3.05, 3.63) is 33.3 Å². The van der Waals surface area contributed by atoms with Crippen LogP contribution >= 0.6 is 22.9 Å². The van der Waals surface area contributed by atoms with E-state index >= 15 is 0 Å². The highest BCUT2D eigenvalue weighted by Gasteiger charge is 2.24. The van der Waals surface area contributed by atoms with E-state index in [-0.39, 0.29) is 9.92 Å². The van der Waals surface area contributed by atoms with Crippen molar-refractivity contribution < 1.29 is 4.92 Å². The number of nitrogens with one attached hydrogen (secondary N) is 1. The Morgan fingerprint density at radius 3 is 2.90 bits per heavy atom. The molecular formula is C13H16ClN3O2S. The van der Waals surface area contributed by atoms with Gasteiger partial charge in [0.1, 0.15) is 5.69 Å². The van der Waals surface area contributed by atoms with Gasteiger partial charge < -0.3 is 10.2 Å². The quantitative estimate of drug-likeness (QED) is 0.504. The summed E-state index contributed by atoms with van der Waals surface area (Å²) in [6, 6.07) is 5.39. The summed E-state index contributed by atoms with van der Waals surface area (Å²) in [6.45, 7) is 1.63. The van der Waals surface area contributed by atoms with Gasteiger partial charge in [0.25, 0.3) is 0 Å². The fourth-order valence-electron chi connectivity index (χ4n) is 2.14. The maximum Gasteiger partial charge on any atom is 0.348 e. The lowest BCUT2D eigenvalue weighted by atomic mass is 10.2. The van der Waals surface area contributed by atoms with Gasteiger partial charge in [0.05, 0.1) is 4.92 Å². The standard InChI is InChI=1S/C13H16ClN3O2S/c1-15-6-3-7-16(2)12-10-8-9(14)4-5-11(10)20-13(12)17(18)19/h4-5,8,15H,3,6-7H2,1-2H3. The molecule has 0 radical (unpaired) electrons. The Hall–Kier alpha value is -1.37. The van der Waals surface area contributed by atoms with Crippen LogP contribution in [0.1, 0.15) is 6.42 Å². The highest BCUT2D eigenvalue weighted by Crippen LogP contribution is 2.44. The van der Waals surface area contributed by atoms with E-state index in [0.29, 0.717) is 10.7 Å². The SMILES string of the molecule is CNCCCN(C)c1c([N+](=O)[O-])sc2ccc(Cl)cc12. The number of anilines is 1. The molecule has 0 aliphatic heterocycles. The molecule has 5 nitrogen and oxygen atoms in total. The molecule has 0 unspecified atom stereocenters. The Bertz CT molecular complexity index is 629. The molecule has 0 spiro atoms. The maximum atomic E-state index is 11.3. The van der Waals surface area contributed by atoms with E-state index in [1.54, 1.807) is 12.1 Å². The van der Waals surface area contributed by atoms with Crippen molar-refractivity contribution in [3.8, 4) is 0 Å². The van der Waals surface area contributed by atoms with Crippen LogP contribution in [-0.4, -0.2) is 32.1 Å². The fraction of sp³-hybridized carbons (Fsp3) is 0.385. The summed E-state index contributed by atoms with van der Waals surface area (Å²) in [7, 11) is 3.77. The molecule has 0 fully saturated rings. The van der Waals surface area contributed by atoms with E-state index in [2.05, 4.69) is 5.32 Å².